The van der Waals surface area contributed by atoms with Gasteiger partial charge in [-0.25, -0.2) is 4.79 Å². The molecule has 0 heterocycles. The summed E-state index contributed by atoms with van der Waals surface area (Å²) < 4.78 is 5.24. The van der Waals surface area contributed by atoms with Gasteiger partial charge in [0.2, 0.25) is 5.91 Å². The second-order valence-electron chi connectivity index (χ2n) is 6.12. The molecule has 0 spiro atoms. The number of carbonyl (C=O) groups excluding carboxylic acids is 3. The Morgan fingerprint density at radius 3 is 2.42 bits per heavy atom. The van der Waals surface area contributed by atoms with E-state index in [9.17, 15) is 14.4 Å². The van der Waals surface area contributed by atoms with E-state index in [4.69, 9.17) is 4.74 Å². The SMILES string of the molecule is CC(=O)Nc1cccc(C(=O)OC(C)C(=O)Nc2cc(C)ccc2C)c1. The van der Waals surface area contributed by atoms with Crippen LogP contribution < -0.4 is 10.6 Å². The van der Waals surface area contributed by atoms with Crippen LogP contribution in [0.15, 0.2) is 42.5 Å². The smallest absolute Gasteiger partial charge is 0.338 e. The van der Waals surface area contributed by atoms with Crippen LogP contribution in [0.25, 0.3) is 0 Å². The van der Waals surface area contributed by atoms with Crippen LogP contribution in [-0.2, 0) is 14.3 Å². The van der Waals surface area contributed by atoms with E-state index in [1.807, 2.05) is 32.0 Å². The Labute approximate surface area is 152 Å². The van der Waals surface area contributed by atoms with Gasteiger partial charge in [-0.1, -0.05) is 18.2 Å². The summed E-state index contributed by atoms with van der Waals surface area (Å²) in [6.45, 7) is 6.71. The van der Waals surface area contributed by atoms with Crippen molar-refractivity contribution < 1.29 is 19.1 Å². The lowest BCUT2D eigenvalue weighted by Crippen LogP contribution is -2.30. The van der Waals surface area contributed by atoms with E-state index in [2.05, 4.69) is 10.6 Å². The van der Waals surface area contributed by atoms with Crippen LogP contribution in [0.4, 0.5) is 11.4 Å². The molecule has 2 aromatic carbocycles. The zero-order chi connectivity index (χ0) is 19.3. The lowest BCUT2D eigenvalue weighted by atomic mass is 10.1. The van der Waals surface area contributed by atoms with Crippen LogP contribution in [0.5, 0.6) is 0 Å². The summed E-state index contributed by atoms with van der Waals surface area (Å²) in [5.41, 5.74) is 3.36. The quantitative estimate of drug-likeness (QED) is 0.806. The number of amides is 2. The van der Waals surface area contributed by atoms with Gasteiger partial charge < -0.3 is 15.4 Å². The van der Waals surface area contributed by atoms with Crippen molar-refractivity contribution in [3.05, 3.63) is 59.2 Å². The number of hydrogen-bond acceptors (Lipinski definition) is 4. The number of ether oxygens (including phenoxy) is 1. The third-order valence-corrected chi connectivity index (χ3v) is 3.72. The lowest BCUT2D eigenvalue weighted by molar-refractivity contribution is -0.123. The molecule has 0 radical (unpaired) electrons. The van der Waals surface area contributed by atoms with E-state index >= 15 is 0 Å². The average Bonchev–Trinajstić information content (AvgIpc) is 2.57. The van der Waals surface area contributed by atoms with E-state index in [0.29, 0.717) is 11.4 Å². The molecule has 2 amide bonds. The highest BCUT2D eigenvalue weighted by atomic mass is 16.5. The molecule has 6 heteroatoms. The molecule has 0 saturated carbocycles. The second kappa shape index (κ2) is 8.29. The van der Waals surface area contributed by atoms with Crippen molar-refractivity contribution >= 4 is 29.2 Å². The van der Waals surface area contributed by atoms with Gasteiger partial charge in [0.15, 0.2) is 6.10 Å². The maximum absolute atomic E-state index is 12.3. The summed E-state index contributed by atoms with van der Waals surface area (Å²) in [5, 5.41) is 5.37. The van der Waals surface area contributed by atoms with E-state index in [0.717, 1.165) is 11.1 Å². The molecule has 26 heavy (non-hydrogen) atoms. The molecule has 2 N–H and O–H groups in total. The van der Waals surface area contributed by atoms with Gasteiger partial charge in [0.25, 0.3) is 5.91 Å². The summed E-state index contributed by atoms with van der Waals surface area (Å²) in [5.74, 6) is -1.29. The van der Waals surface area contributed by atoms with Crippen molar-refractivity contribution in [3.63, 3.8) is 0 Å². The number of hydrogen-bond donors (Lipinski definition) is 2. The van der Waals surface area contributed by atoms with Gasteiger partial charge in [0.1, 0.15) is 0 Å². The van der Waals surface area contributed by atoms with Crippen molar-refractivity contribution in [1.29, 1.82) is 0 Å². The molecule has 1 unspecified atom stereocenters. The standard InChI is InChI=1S/C20H22N2O4/c1-12-8-9-13(2)18(10-12)22-19(24)14(3)26-20(25)16-6-5-7-17(11-16)21-15(4)23/h5-11,14H,1-4H3,(H,21,23)(H,22,24). The zero-order valence-corrected chi connectivity index (χ0v) is 15.3. The van der Waals surface area contributed by atoms with E-state index in [1.54, 1.807) is 18.2 Å². The third kappa shape index (κ3) is 5.17. The van der Waals surface area contributed by atoms with Crippen LogP contribution in [0.1, 0.15) is 35.3 Å². The molecule has 1 atom stereocenters. The zero-order valence-electron chi connectivity index (χ0n) is 15.3. The van der Waals surface area contributed by atoms with Gasteiger partial charge in [-0.3, -0.25) is 9.59 Å². The Morgan fingerprint density at radius 1 is 1.00 bits per heavy atom. The third-order valence-electron chi connectivity index (χ3n) is 3.72. The first-order valence-electron chi connectivity index (χ1n) is 8.23. The monoisotopic (exact) mass is 354 g/mol. The first-order valence-corrected chi connectivity index (χ1v) is 8.23. The molecule has 0 saturated heterocycles. The highest BCUT2D eigenvalue weighted by Gasteiger charge is 2.20. The minimum absolute atomic E-state index is 0.239. The largest absolute Gasteiger partial charge is 0.449 e. The number of benzene rings is 2. The van der Waals surface area contributed by atoms with Crippen molar-refractivity contribution in [3.8, 4) is 0 Å². The fraction of sp³-hybridized carbons (Fsp3) is 0.250. The Kier molecular flexibility index (Phi) is 6.11. The van der Waals surface area contributed by atoms with E-state index in [-0.39, 0.29) is 11.5 Å². The van der Waals surface area contributed by atoms with Crippen LogP contribution in [0.3, 0.4) is 0 Å². The van der Waals surface area contributed by atoms with Crippen molar-refractivity contribution in [1.82, 2.24) is 0 Å². The summed E-state index contributed by atoms with van der Waals surface area (Å²) in [7, 11) is 0. The van der Waals surface area contributed by atoms with Crippen LogP contribution in [0.2, 0.25) is 0 Å². The average molecular weight is 354 g/mol. The van der Waals surface area contributed by atoms with Gasteiger partial charge in [0.05, 0.1) is 5.56 Å². The van der Waals surface area contributed by atoms with E-state index < -0.39 is 18.0 Å². The molecule has 0 aliphatic carbocycles. The topological polar surface area (TPSA) is 84.5 Å². The minimum atomic E-state index is -0.966. The molecule has 0 fully saturated rings. The molecule has 0 aromatic heterocycles. The highest BCUT2D eigenvalue weighted by Crippen LogP contribution is 2.17. The summed E-state index contributed by atoms with van der Waals surface area (Å²) in [6, 6.07) is 12.1. The number of esters is 1. The number of aryl methyl sites for hydroxylation is 2. The van der Waals surface area contributed by atoms with Crippen molar-refractivity contribution in [2.75, 3.05) is 10.6 Å². The van der Waals surface area contributed by atoms with Crippen molar-refractivity contribution in [2.24, 2.45) is 0 Å². The summed E-state index contributed by atoms with van der Waals surface area (Å²) in [6.07, 6.45) is -0.966. The number of rotatable bonds is 5. The van der Waals surface area contributed by atoms with E-state index in [1.165, 1.54) is 19.9 Å². The van der Waals surface area contributed by atoms with Crippen LogP contribution >= 0.6 is 0 Å². The van der Waals surface area contributed by atoms with Gasteiger partial charge in [-0.15, -0.1) is 0 Å². The Hall–Kier alpha value is -3.15. The molecule has 2 rings (SSSR count). The van der Waals surface area contributed by atoms with Gasteiger partial charge in [0, 0.05) is 18.3 Å². The molecular formula is C20H22N2O4. The number of nitrogens with one attached hydrogen (secondary N) is 2. The molecular weight excluding hydrogens is 332 g/mol. The molecule has 136 valence electrons. The molecule has 0 aliphatic rings. The summed E-state index contributed by atoms with van der Waals surface area (Å²) in [4.78, 5) is 35.7. The van der Waals surface area contributed by atoms with Gasteiger partial charge in [-0.05, 0) is 56.2 Å². The fourth-order valence-electron chi connectivity index (χ4n) is 2.31. The van der Waals surface area contributed by atoms with Crippen LogP contribution in [0, 0.1) is 13.8 Å². The maximum Gasteiger partial charge on any atom is 0.338 e. The minimum Gasteiger partial charge on any atom is -0.449 e. The predicted octanol–water partition coefficient (Wildman–Crippen LogP) is 3.45. The normalized spacial score (nSPS) is 11.4. The Bertz CT molecular complexity index is 845. The molecule has 0 aliphatic heterocycles. The second-order valence-corrected chi connectivity index (χ2v) is 6.12. The lowest BCUT2D eigenvalue weighted by Gasteiger charge is -2.15. The Morgan fingerprint density at radius 2 is 1.73 bits per heavy atom. The number of carbonyl (C=O) groups is 3. The van der Waals surface area contributed by atoms with Gasteiger partial charge >= 0.3 is 5.97 Å². The molecule has 6 nitrogen and oxygen atoms in total. The summed E-state index contributed by atoms with van der Waals surface area (Å²) >= 11 is 0. The first kappa shape index (κ1) is 19.2. The maximum atomic E-state index is 12.3. The van der Waals surface area contributed by atoms with Crippen LogP contribution in [-0.4, -0.2) is 23.9 Å². The predicted molar refractivity (Wildman–Crippen MR) is 100 cm³/mol. The molecule has 0 bridgehead atoms. The highest BCUT2D eigenvalue weighted by molar-refractivity contribution is 5.98. The fourth-order valence-corrected chi connectivity index (χ4v) is 2.31. The Balaban J connectivity index is 2.03. The van der Waals surface area contributed by atoms with Gasteiger partial charge in [-0.2, -0.15) is 0 Å². The van der Waals surface area contributed by atoms with Crippen molar-refractivity contribution in [2.45, 2.75) is 33.8 Å². The number of anilines is 2. The first-order chi connectivity index (χ1) is 12.3. The molecule has 2 aromatic rings.